The minimum Gasteiger partial charge on any atom is -0.493 e. The fraction of sp³-hybridized carbons (Fsp3) is 0.667. The Morgan fingerprint density at radius 1 is 1.20 bits per heavy atom. The van der Waals surface area contributed by atoms with Crippen molar-refractivity contribution in [1.29, 1.82) is 0 Å². The molecule has 4 saturated carbocycles. The lowest BCUT2D eigenvalue weighted by Crippen LogP contribution is -2.74. The SMILES string of the molecule is COC(=O)C1CC2CCC13C(=O)N(CC1CC1)CCC31c3cccc(OC)c3OC21. The lowest BCUT2D eigenvalue weighted by molar-refractivity contribution is -0.204. The number of piperidine rings is 1. The van der Waals surface area contributed by atoms with E-state index in [2.05, 4.69) is 11.0 Å². The number of likely N-dealkylation sites (tertiary alicyclic amines) is 1. The molecule has 0 radical (unpaired) electrons. The third-order valence-electron chi connectivity index (χ3n) is 8.78. The average molecular weight is 411 g/mol. The Morgan fingerprint density at radius 2 is 2.03 bits per heavy atom. The first-order valence-electron chi connectivity index (χ1n) is 11.3. The van der Waals surface area contributed by atoms with Crippen LogP contribution in [0.1, 0.15) is 44.1 Å². The summed E-state index contributed by atoms with van der Waals surface area (Å²) in [5.74, 6) is 1.86. The second-order valence-electron chi connectivity index (χ2n) is 9.87. The number of fused-ring (bicyclic) bond motifs is 3. The molecule has 1 saturated heterocycles. The maximum absolute atomic E-state index is 14.3. The molecule has 1 aromatic carbocycles. The summed E-state index contributed by atoms with van der Waals surface area (Å²) in [6.45, 7) is 1.55. The van der Waals surface area contributed by atoms with E-state index in [-0.39, 0.29) is 23.9 Å². The Balaban J connectivity index is 1.56. The van der Waals surface area contributed by atoms with Crippen molar-refractivity contribution in [2.75, 3.05) is 27.3 Å². The Labute approximate surface area is 176 Å². The minimum absolute atomic E-state index is 0.0783. The third-order valence-corrected chi connectivity index (χ3v) is 8.78. The largest absolute Gasteiger partial charge is 0.493 e. The molecule has 2 bridgehead atoms. The minimum atomic E-state index is -0.787. The van der Waals surface area contributed by atoms with E-state index >= 15 is 0 Å². The fourth-order valence-electron chi connectivity index (χ4n) is 7.41. The van der Waals surface area contributed by atoms with Crippen molar-refractivity contribution in [2.24, 2.45) is 23.2 Å². The summed E-state index contributed by atoms with van der Waals surface area (Å²) in [6.07, 6.45) is 5.48. The van der Waals surface area contributed by atoms with Gasteiger partial charge in [-0.05, 0) is 56.4 Å². The fourth-order valence-corrected chi connectivity index (χ4v) is 7.41. The zero-order valence-electron chi connectivity index (χ0n) is 17.7. The van der Waals surface area contributed by atoms with Gasteiger partial charge in [0, 0.05) is 18.7 Å². The Hall–Kier alpha value is -2.24. The van der Waals surface area contributed by atoms with E-state index < -0.39 is 16.7 Å². The summed E-state index contributed by atoms with van der Waals surface area (Å²) in [7, 11) is 3.10. The lowest BCUT2D eigenvalue weighted by atomic mass is 9.39. The molecule has 0 aromatic heterocycles. The molecule has 6 heteroatoms. The van der Waals surface area contributed by atoms with Gasteiger partial charge in [-0.1, -0.05) is 12.1 Å². The van der Waals surface area contributed by atoms with Crippen molar-refractivity contribution < 1.29 is 23.8 Å². The molecule has 1 amide bonds. The first kappa shape index (κ1) is 18.5. The number of carbonyl (C=O) groups excluding carboxylic acids is 2. The first-order chi connectivity index (χ1) is 14.6. The van der Waals surface area contributed by atoms with E-state index in [1.54, 1.807) is 7.11 Å². The van der Waals surface area contributed by atoms with Gasteiger partial charge in [-0.25, -0.2) is 0 Å². The summed E-state index contributed by atoms with van der Waals surface area (Å²) in [5, 5.41) is 0. The molecular formula is C24H29NO5. The van der Waals surface area contributed by atoms with Gasteiger partial charge in [0.2, 0.25) is 5.91 Å². The summed E-state index contributed by atoms with van der Waals surface area (Å²) < 4.78 is 17.5. The molecule has 5 fully saturated rings. The second kappa shape index (κ2) is 6.14. The van der Waals surface area contributed by atoms with Gasteiger partial charge in [-0.3, -0.25) is 9.59 Å². The van der Waals surface area contributed by atoms with Crippen LogP contribution in [-0.2, 0) is 19.7 Å². The van der Waals surface area contributed by atoms with Crippen molar-refractivity contribution in [3.8, 4) is 11.5 Å². The molecule has 5 unspecified atom stereocenters. The summed E-state index contributed by atoms with van der Waals surface area (Å²) in [6, 6.07) is 6.00. The van der Waals surface area contributed by atoms with Crippen LogP contribution in [0.15, 0.2) is 18.2 Å². The number of esters is 1. The standard InChI is InChI=1S/C24H29NO5/c1-28-18-5-3-4-16-19(18)30-20-15-8-9-24(17(12-15)21(26)29-2)22(27)25(13-14-6-7-14)11-10-23(16,20)24/h3-5,14-15,17,20H,6-13H2,1-2H3. The highest BCUT2D eigenvalue weighted by Gasteiger charge is 2.77. The Bertz CT molecular complexity index is 926. The number of hydrogen-bond donors (Lipinski definition) is 0. The summed E-state index contributed by atoms with van der Waals surface area (Å²) in [5.41, 5.74) is -0.206. The van der Waals surface area contributed by atoms with E-state index in [1.165, 1.54) is 20.0 Å². The van der Waals surface area contributed by atoms with Gasteiger partial charge in [-0.2, -0.15) is 0 Å². The average Bonchev–Trinajstić information content (AvgIpc) is 3.53. The maximum Gasteiger partial charge on any atom is 0.309 e. The highest BCUT2D eigenvalue weighted by molar-refractivity contribution is 5.93. The monoisotopic (exact) mass is 411 g/mol. The smallest absolute Gasteiger partial charge is 0.309 e. The number of nitrogens with zero attached hydrogens (tertiary/aromatic N) is 1. The van der Waals surface area contributed by atoms with Gasteiger partial charge < -0.3 is 19.1 Å². The van der Waals surface area contributed by atoms with Crippen LogP contribution in [0, 0.1) is 23.2 Å². The predicted molar refractivity (Wildman–Crippen MR) is 108 cm³/mol. The van der Waals surface area contributed by atoms with Crippen LogP contribution in [0.5, 0.6) is 11.5 Å². The first-order valence-corrected chi connectivity index (χ1v) is 11.3. The van der Waals surface area contributed by atoms with Crippen molar-refractivity contribution >= 4 is 11.9 Å². The molecule has 2 spiro atoms. The van der Waals surface area contributed by atoms with Crippen molar-refractivity contribution in [1.82, 2.24) is 4.90 Å². The molecule has 6 aliphatic rings. The molecule has 1 aromatic rings. The normalized spacial score (nSPS) is 38.4. The van der Waals surface area contributed by atoms with Crippen LogP contribution in [0.4, 0.5) is 0 Å². The molecule has 2 heterocycles. The number of amides is 1. The summed E-state index contributed by atoms with van der Waals surface area (Å²) in [4.78, 5) is 29.4. The van der Waals surface area contributed by atoms with Crippen molar-refractivity contribution in [3.63, 3.8) is 0 Å². The van der Waals surface area contributed by atoms with Crippen molar-refractivity contribution in [3.05, 3.63) is 23.8 Å². The van der Waals surface area contributed by atoms with Crippen molar-refractivity contribution in [2.45, 2.75) is 50.0 Å². The number of hydrogen-bond acceptors (Lipinski definition) is 5. The van der Waals surface area contributed by atoms with E-state index in [0.717, 1.165) is 43.7 Å². The third kappa shape index (κ3) is 2.05. The van der Waals surface area contributed by atoms with E-state index in [0.29, 0.717) is 18.1 Å². The zero-order valence-corrected chi connectivity index (χ0v) is 17.7. The number of methoxy groups -OCH3 is 2. The molecule has 7 rings (SSSR count). The predicted octanol–water partition coefficient (Wildman–Crippen LogP) is 2.93. The quantitative estimate of drug-likeness (QED) is 0.713. The Kier molecular flexibility index (Phi) is 3.79. The molecule has 0 N–H and O–H groups in total. The highest BCUT2D eigenvalue weighted by Crippen LogP contribution is 2.72. The van der Waals surface area contributed by atoms with Gasteiger partial charge in [0.15, 0.2) is 11.5 Å². The van der Waals surface area contributed by atoms with Gasteiger partial charge in [-0.15, -0.1) is 0 Å². The van der Waals surface area contributed by atoms with Crippen LogP contribution >= 0.6 is 0 Å². The molecule has 5 atom stereocenters. The second-order valence-corrected chi connectivity index (χ2v) is 9.87. The molecule has 6 nitrogen and oxygen atoms in total. The maximum atomic E-state index is 14.3. The van der Waals surface area contributed by atoms with E-state index in [1.807, 2.05) is 12.1 Å². The number of para-hydroxylation sites is 1. The molecule has 160 valence electrons. The van der Waals surface area contributed by atoms with Crippen LogP contribution < -0.4 is 9.47 Å². The topological polar surface area (TPSA) is 65.1 Å². The highest BCUT2D eigenvalue weighted by atomic mass is 16.5. The van der Waals surface area contributed by atoms with Gasteiger partial charge in [0.05, 0.1) is 31.0 Å². The van der Waals surface area contributed by atoms with Crippen LogP contribution in [0.25, 0.3) is 0 Å². The number of rotatable bonds is 4. The lowest BCUT2D eigenvalue weighted by Gasteiger charge is -2.65. The molecule has 30 heavy (non-hydrogen) atoms. The number of ether oxygens (including phenoxy) is 3. The molecule has 2 aliphatic heterocycles. The van der Waals surface area contributed by atoms with E-state index in [4.69, 9.17) is 14.2 Å². The zero-order chi connectivity index (χ0) is 20.7. The summed E-state index contributed by atoms with van der Waals surface area (Å²) >= 11 is 0. The molecule has 4 aliphatic carbocycles. The van der Waals surface area contributed by atoms with Gasteiger partial charge >= 0.3 is 5.97 Å². The van der Waals surface area contributed by atoms with E-state index in [9.17, 15) is 9.59 Å². The van der Waals surface area contributed by atoms with Crippen LogP contribution in [0.3, 0.4) is 0 Å². The van der Waals surface area contributed by atoms with Crippen LogP contribution in [-0.4, -0.2) is 50.2 Å². The van der Waals surface area contributed by atoms with Crippen LogP contribution in [0.2, 0.25) is 0 Å². The number of benzene rings is 1. The molecular weight excluding hydrogens is 382 g/mol. The Morgan fingerprint density at radius 3 is 2.77 bits per heavy atom. The van der Waals surface area contributed by atoms with Gasteiger partial charge in [0.25, 0.3) is 0 Å². The van der Waals surface area contributed by atoms with Gasteiger partial charge in [0.1, 0.15) is 6.10 Å². The number of carbonyl (C=O) groups is 2.